The van der Waals surface area contributed by atoms with Crippen molar-refractivity contribution in [2.75, 3.05) is 0 Å². The molecule has 6 heteroatoms. The summed E-state index contributed by atoms with van der Waals surface area (Å²) >= 11 is 0. The van der Waals surface area contributed by atoms with Gasteiger partial charge in [0.15, 0.2) is 5.69 Å². The molecule has 0 radical (unpaired) electrons. The van der Waals surface area contributed by atoms with Crippen LogP contribution in [-0.2, 0) is 5.41 Å². The predicted octanol–water partition coefficient (Wildman–Crippen LogP) is 8.68. The normalized spacial score (nSPS) is 11.0. The second kappa shape index (κ2) is 11.5. The fraction of sp³-hybridized carbons (Fsp3) is 0.0811. The Kier molecular flexibility index (Phi) is 7.27. The molecule has 0 bridgehead atoms. The Hall–Kier alpha value is -5.98. The third-order valence-corrected chi connectivity index (χ3v) is 7.57. The Balaban J connectivity index is 1.52. The van der Waals surface area contributed by atoms with E-state index in [1.165, 1.54) is 0 Å². The molecule has 0 unspecified atom stereocenters. The highest BCUT2D eigenvalue weighted by molar-refractivity contribution is 5.83. The topological polar surface area (TPSA) is 79.7 Å². The van der Waals surface area contributed by atoms with Gasteiger partial charge < -0.3 is 0 Å². The second-order valence-corrected chi connectivity index (χ2v) is 10.6. The number of nitriles is 1. The van der Waals surface area contributed by atoms with Crippen molar-refractivity contribution in [3.63, 3.8) is 0 Å². The molecule has 4 heterocycles. The first-order valence-electron chi connectivity index (χ1n) is 13.8. The number of pyridine rings is 4. The standard InChI is InChI=1S/C37H26N6/c1-37(2,33-12-10-31(26-14-18-40-19-15-26)35(42-33)28-7-4-6-25(22-28)24-38)34-13-11-32(27-16-20-41-21-17-27)36(43-34)29-8-5-9-30(23-29)39-3/h4-23H,1-2H3. The van der Waals surface area contributed by atoms with Crippen LogP contribution < -0.4 is 0 Å². The van der Waals surface area contributed by atoms with E-state index in [2.05, 4.69) is 46.9 Å². The maximum atomic E-state index is 9.58. The lowest BCUT2D eigenvalue weighted by Crippen LogP contribution is -2.23. The van der Waals surface area contributed by atoms with E-state index < -0.39 is 5.41 Å². The summed E-state index contributed by atoms with van der Waals surface area (Å²) in [5, 5.41) is 9.58. The van der Waals surface area contributed by atoms with Gasteiger partial charge in [-0.1, -0.05) is 42.5 Å². The Morgan fingerprint density at radius 1 is 0.628 bits per heavy atom. The van der Waals surface area contributed by atoms with Crippen LogP contribution in [0.25, 0.3) is 49.6 Å². The van der Waals surface area contributed by atoms with Gasteiger partial charge in [-0.25, -0.2) is 4.85 Å². The van der Waals surface area contributed by atoms with Gasteiger partial charge in [-0.15, -0.1) is 0 Å². The Bertz CT molecular complexity index is 1870. The van der Waals surface area contributed by atoms with Gasteiger partial charge in [0, 0.05) is 46.9 Å². The molecule has 6 nitrogen and oxygen atoms in total. The van der Waals surface area contributed by atoms with Crippen LogP contribution >= 0.6 is 0 Å². The van der Waals surface area contributed by atoms with Crippen molar-refractivity contribution < 1.29 is 0 Å². The highest BCUT2D eigenvalue weighted by Gasteiger charge is 2.29. The van der Waals surface area contributed by atoms with Crippen molar-refractivity contribution in [3.05, 3.63) is 150 Å². The lowest BCUT2D eigenvalue weighted by Gasteiger charge is -2.26. The van der Waals surface area contributed by atoms with Crippen molar-refractivity contribution in [2.45, 2.75) is 19.3 Å². The molecule has 2 aromatic carbocycles. The van der Waals surface area contributed by atoms with Crippen LogP contribution in [0.4, 0.5) is 5.69 Å². The van der Waals surface area contributed by atoms with E-state index in [9.17, 15) is 5.26 Å². The maximum Gasteiger partial charge on any atom is 0.187 e. The van der Waals surface area contributed by atoms with Crippen LogP contribution in [0.15, 0.2) is 122 Å². The molecule has 0 aliphatic carbocycles. The minimum Gasteiger partial charge on any atom is -0.265 e. The molecule has 0 aliphatic rings. The average molecular weight is 555 g/mol. The molecule has 0 saturated heterocycles. The summed E-state index contributed by atoms with van der Waals surface area (Å²) in [6, 6.07) is 33.4. The van der Waals surface area contributed by atoms with Crippen molar-refractivity contribution in [1.82, 2.24) is 19.9 Å². The van der Waals surface area contributed by atoms with E-state index in [-0.39, 0.29) is 0 Å². The molecule has 0 aliphatic heterocycles. The summed E-state index contributed by atoms with van der Waals surface area (Å²) in [7, 11) is 0. The summed E-state index contributed by atoms with van der Waals surface area (Å²) in [5.74, 6) is 0. The van der Waals surface area contributed by atoms with Gasteiger partial charge in [0.25, 0.3) is 0 Å². The van der Waals surface area contributed by atoms with Crippen LogP contribution in [0, 0.1) is 17.9 Å². The summed E-state index contributed by atoms with van der Waals surface area (Å²) in [6.07, 6.45) is 7.07. The zero-order valence-corrected chi connectivity index (χ0v) is 23.7. The van der Waals surface area contributed by atoms with E-state index in [0.29, 0.717) is 11.3 Å². The first kappa shape index (κ1) is 27.2. The second-order valence-electron chi connectivity index (χ2n) is 10.6. The van der Waals surface area contributed by atoms with Gasteiger partial charge in [0.2, 0.25) is 0 Å². The molecular weight excluding hydrogens is 528 g/mol. The smallest absolute Gasteiger partial charge is 0.187 e. The number of hydrogen-bond donors (Lipinski definition) is 0. The average Bonchev–Trinajstić information content (AvgIpc) is 3.08. The van der Waals surface area contributed by atoms with Crippen LogP contribution in [0.3, 0.4) is 0 Å². The summed E-state index contributed by atoms with van der Waals surface area (Å²) in [5.41, 5.74) is 9.43. The number of aromatic nitrogens is 4. The lowest BCUT2D eigenvalue weighted by molar-refractivity contribution is 0.597. The van der Waals surface area contributed by atoms with E-state index in [1.807, 2.05) is 72.8 Å². The van der Waals surface area contributed by atoms with Gasteiger partial charge >= 0.3 is 0 Å². The van der Waals surface area contributed by atoms with E-state index in [4.69, 9.17) is 16.5 Å². The van der Waals surface area contributed by atoms with Crippen molar-refractivity contribution in [1.29, 1.82) is 5.26 Å². The minimum absolute atomic E-state index is 0.558. The molecule has 0 spiro atoms. The molecule has 6 aromatic rings. The zero-order valence-electron chi connectivity index (χ0n) is 23.7. The number of rotatable bonds is 6. The third kappa shape index (κ3) is 5.38. The molecule has 4 aromatic heterocycles. The molecule has 43 heavy (non-hydrogen) atoms. The van der Waals surface area contributed by atoms with Crippen LogP contribution in [0.5, 0.6) is 0 Å². The SMILES string of the molecule is [C-]#[N+]c1cccc(-c2nc(C(C)(C)c3ccc(-c4ccncc4)c(-c4cccc(C#N)c4)n3)ccc2-c2ccncc2)c1. The molecule has 204 valence electrons. The molecule has 0 saturated carbocycles. The predicted molar refractivity (Wildman–Crippen MR) is 169 cm³/mol. The van der Waals surface area contributed by atoms with Gasteiger partial charge in [0.1, 0.15) is 0 Å². The van der Waals surface area contributed by atoms with Gasteiger partial charge in [0.05, 0.1) is 41.0 Å². The Morgan fingerprint density at radius 3 is 1.65 bits per heavy atom. The summed E-state index contributed by atoms with van der Waals surface area (Å²) in [4.78, 5) is 22.5. The quantitative estimate of drug-likeness (QED) is 0.192. The van der Waals surface area contributed by atoms with Crippen LogP contribution in [0.1, 0.15) is 30.8 Å². The maximum absolute atomic E-state index is 9.58. The fourth-order valence-corrected chi connectivity index (χ4v) is 5.17. The van der Waals surface area contributed by atoms with Gasteiger partial charge in [-0.2, -0.15) is 5.26 Å². The van der Waals surface area contributed by atoms with Crippen molar-refractivity contribution in [3.8, 4) is 50.8 Å². The highest BCUT2D eigenvalue weighted by Crippen LogP contribution is 2.39. The van der Waals surface area contributed by atoms with Crippen molar-refractivity contribution >= 4 is 5.69 Å². The van der Waals surface area contributed by atoms with E-state index in [0.717, 1.165) is 56.2 Å². The summed E-state index contributed by atoms with van der Waals surface area (Å²) < 4.78 is 0. The Labute approximate surface area is 250 Å². The summed E-state index contributed by atoms with van der Waals surface area (Å²) in [6.45, 7) is 11.8. The monoisotopic (exact) mass is 554 g/mol. The number of hydrogen-bond acceptors (Lipinski definition) is 5. The highest BCUT2D eigenvalue weighted by atomic mass is 14.8. The van der Waals surface area contributed by atoms with Gasteiger partial charge in [-0.05, 0) is 85.1 Å². The largest absolute Gasteiger partial charge is 0.265 e. The van der Waals surface area contributed by atoms with Crippen LogP contribution in [-0.4, -0.2) is 19.9 Å². The third-order valence-electron chi connectivity index (χ3n) is 7.57. The molecule has 0 fully saturated rings. The first-order valence-corrected chi connectivity index (χ1v) is 13.8. The lowest BCUT2D eigenvalue weighted by atomic mass is 9.83. The molecule has 0 N–H and O–H groups in total. The Morgan fingerprint density at radius 2 is 1.14 bits per heavy atom. The minimum atomic E-state index is -0.582. The molecular formula is C37H26N6. The van der Waals surface area contributed by atoms with E-state index in [1.54, 1.807) is 36.9 Å². The van der Waals surface area contributed by atoms with Crippen LogP contribution in [0.2, 0.25) is 0 Å². The zero-order chi connectivity index (χ0) is 29.8. The number of benzene rings is 2. The fourth-order valence-electron chi connectivity index (χ4n) is 5.17. The number of nitrogens with zero attached hydrogens (tertiary/aromatic N) is 6. The first-order chi connectivity index (χ1) is 21.0. The molecule has 6 rings (SSSR count). The van der Waals surface area contributed by atoms with E-state index >= 15 is 0 Å². The van der Waals surface area contributed by atoms with Gasteiger partial charge in [-0.3, -0.25) is 19.9 Å². The van der Waals surface area contributed by atoms with Crippen molar-refractivity contribution in [2.24, 2.45) is 0 Å². The molecule has 0 amide bonds. The molecule has 0 atom stereocenters.